The Balaban J connectivity index is 1.25. The van der Waals surface area contributed by atoms with Crippen LogP contribution < -0.4 is 10.9 Å². The first kappa shape index (κ1) is 35.9. The maximum Gasteiger partial charge on any atom is 0.498 e. The van der Waals surface area contributed by atoms with Crippen molar-refractivity contribution in [1.29, 1.82) is 0 Å². The Hall–Kier alpha value is -3.48. The van der Waals surface area contributed by atoms with Gasteiger partial charge in [0.1, 0.15) is 5.60 Å². The zero-order valence-corrected chi connectivity index (χ0v) is 32.4. The van der Waals surface area contributed by atoms with Crippen molar-refractivity contribution in [3.63, 3.8) is 0 Å². The zero-order chi connectivity index (χ0) is 36.5. The molecule has 3 heterocycles. The first-order chi connectivity index (χ1) is 24.0. The van der Waals surface area contributed by atoms with Gasteiger partial charge in [0, 0.05) is 35.3 Å². The standard InChI is InChI=1S/C44H54B2NO4/c1-12-13-14-15-24-47-39-27-31(35-22-18-33(25-29(35)2)45-48-41(4,5)42(6,7)49-45)16-20-37(39)38-21-17-32(28-40(38)47)36-23-19-34(26-30(36)3)46-50-43(8,9)44(10,11)51-46/h16-23,25-28H,4,12-15,24H2,1-3,5-11H3/q+1. The molecule has 0 N–H and O–H groups in total. The smallest absolute Gasteiger partial charge is 0.399 e. The van der Waals surface area contributed by atoms with Gasteiger partial charge in [-0.2, -0.15) is 0 Å². The molecule has 5 nitrogen and oxygen atoms in total. The number of fused-ring (bicyclic) bond motifs is 3. The maximum atomic E-state index is 6.37. The van der Waals surface area contributed by atoms with E-state index in [-0.39, 0.29) is 18.3 Å². The van der Waals surface area contributed by atoms with Gasteiger partial charge >= 0.3 is 14.2 Å². The second kappa shape index (κ2) is 12.9. The first-order valence-electron chi connectivity index (χ1n) is 18.9. The quantitative estimate of drug-likeness (QED) is 0.0883. The second-order valence-electron chi connectivity index (χ2n) is 16.7. The minimum Gasteiger partial charge on any atom is -0.399 e. The van der Waals surface area contributed by atoms with E-state index in [1.165, 1.54) is 74.4 Å². The molecule has 0 saturated carbocycles. The number of hydrogen-bond acceptors (Lipinski definition) is 4. The van der Waals surface area contributed by atoms with Crippen LogP contribution in [0.25, 0.3) is 44.1 Å². The largest absolute Gasteiger partial charge is 0.498 e. The third kappa shape index (κ3) is 6.35. The minimum absolute atomic E-state index is 0.367. The molecule has 264 valence electrons. The van der Waals surface area contributed by atoms with Crippen LogP contribution in [0.2, 0.25) is 0 Å². The number of hydrogen-bond donors (Lipinski definition) is 0. The van der Waals surface area contributed by atoms with Gasteiger partial charge in [0.05, 0.1) is 18.1 Å². The van der Waals surface area contributed by atoms with Crippen LogP contribution in [0.3, 0.4) is 0 Å². The molecule has 5 aromatic rings. The average molecular weight is 683 g/mol. The predicted octanol–water partition coefficient (Wildman–Crippen LogP) is 9.74. The highest BCUT2D eigenvalue weighted by molar-refractivity contribution is 6.62. The highest BCUT2D eigenvalue weighted by Crippen LogP contribution is 2.39. The Morgan fingerprint density at radius 3 is 1.47 bits per heavy atom. The summed E-state index contributed by atoms with van der Waals surface area (Å²) in [6.07, 6.45) is 4.86. The van der Waals surface area contributed by atoms with Gasteiger partial charge in [0.25, 0.3) is 0 Å². The topological polar surface area (TPSA) is 41.9 Å². The SMILES string of the molecule is [CH2+]C1(C)OB(c2ccc(-c3ccc4c5ccc(-c6ccc(B7OC(C)(C)C(C)(C)O7)cc6C)cc5n(CCCCCC)c4c3)c(C)c2)OC1(C)C. The minimum atomic E-state index is -0.615. The molecule has 0 radical (unpaired) electrons. The van der Waals surface area contributed by atoms with E-state index in [4.69, 9.17) is 18.6 Å². The third-order valence-electron chi connectivity index (χ3n) is 12.1. The lowest BCUT2D eigenvalue weighted by Gasteiger charge is -2.32. The van der Waals surface area contributed by atoms with E-state index in [0.717, 1.165) is 23.9 Å². The molecule has 4 aromatic carbocycles. The van der Waals surface area contributed by atoms with Crippen molar-refractivity contribution in [2.24, 2.45) is 0 Å². The molecule has 1 atom stereocenters. The van der Waals surface area contributed by atoms with E-state index in [9.17, 15) is 0 Å². The van der Waals surface area contributed by atoms with Crippen molar-refractivity contribution >= 4 is 47.0 Å². The summed E-state index contributed by atoms with van der Waals surface area (Å²) in [6, 6.07) is 27.1. The van der Waals surface area contributed by atoms with Crippen molar-refractivity contribution < 1.29 is 18.6 Å². The third-order valence-corrected chi connectivity index (χ3v) is 12.1. The summed E-state index contributed by atoms with van der Waals surface area (Å²) >= 11 is 0. The van der Waals surface area contributed by atoms with Gasteiger partial charge in [-0.15, -0.1) is 0 Å². The van der Waals surface area contributed by atoms with E-state index in [1.807, 2.05) is 20.8 Å². The van der Waals surface area contributed by atoms with Crippen LogP contribution in [-0.4, -0.2) is 41.2 Å². The fourth-order valence-electron chi connectivity index (χ4n) is 7.59. The van der Waals surface area contributed by atoms with Crippen LogP contribution in [0.4, 0.5) is 0 Å². The van der Waals surface area contributed by atoms with Gasteiger partial charge in [-0.05, 0) is 118 Å². The Morgan fingerprint density at radius 2 is 1.04 bits per heavy atom. The summed E-state index contributed by atoms with van der Waals surface area (Å²) < 4.78 is 27.9. The van der Waals surface area contributed by atoms with Crippen molar-refractivity contribution in [2.75, 3.05) is 0 Å². The molecule has 7 rings (SSSR count). The Labute approximate surface area is 306 Å². The molecule has 2 saturated heterocycles. The fraction of sp³-hybridized carbons (Fsp3) is 0.432. The molecule has 2 aliphatic heterocycles. The van der Waals surface area contributed by atoms with Gasteiger partial charge in [0.15, 0.2) is 0 Å². The molecule has 0 aliphatic carbocycles. The van der Waals surface area contributed by atoms with Crippen LogP contribution in [-0.2, 0) is 25.2 Å². The second-order valence-corrected chi connectivity index (χ2v) is 16.7. The lowest BCUT2D eigenvalue weighted by Crippen LogP contribution is -2.42. The van der Waals surface area contributed by atoms with Gasteiger partial charge in [-0.25, -0.2) is 0 Å². The summed E-state index contributed by atoms with van der Waals surface area (Å²) in [4.78, 5) is 0. The van der Waals surface area contributed by atoms with E-state index < -0.39 is 18.3 Å². The van der Waals surface area contributed by atoms with Gasteiger partial charge in [-0.3, -0.25) is 0 Å². The van der Waals surface area contributed by atoms with Crippen LogP contribution in [0.15, 0.2) is 72.8 Å². The number of nitrogens with zero attached hydrogens (tertiary/aromatic N) is 1. The van der Waals surface area contributed by atoms with Crippen LogP contribution in [0.5, 0.6) is 0 Å². The molecule has 0 spiro atoms. The monoisotopic (exact) mass is 682 g/mol. The van der Waals surface area contributed by atoms with E-state index >= 15 is 0 Å². The molecule has 2 aliphatic rings. The number of benzene rings is 4. The Bertz CT molecular complexity index is 1940. The summed E-state index contributed by atoms with van der Waals surface area (Å²) in [7, 11) is -0.799. The summed E-state index contributed by atoms with van der Waals surface area (Å²) in [5.41, 5.74) is 10.1. The van der Waals surface area contributed by atoms with E-state index in [0.29, 0.717) is 0 Å². The van der Waals surface area contributed by atoms with Gasteiger partial charge in [-0.1, -0.05) is 86.8 Å². The lowest BCUT2D eigenvalue weighted by atomic mass is 9.77. The van der Waals surface area contributed by atoms with Gasteiger partial charge < -0.3 is 23.2 Å². The van der Waals surface area contributed by atoms with Crippen LogP contribution in [0.1, 0.15) is 92.2 Å². The van der Waals surface area contributed by atoms with Crippen LogP contribution in [0, 0.1) is 20.8 Å². The Morgan fingerprint density at radius 1 is 0.569 bits per heavy atom. The van der Waals surface area contributed by atoms with Crippen molar-refractivity contribution in [3.8, 4) is 22.3 Å². The fourth-order valence-corrected chi connectivity index (χ4v) is 7.59. The van der Waals surface area contributed by atoms with E-state index in [1.54, 1.807) is 0 Å². The first-order valence-corrected chi connectivity index (χ1v) is 18.9. The summed E-state index contributed by atoms with van der Waals surface area (Å²) in [5, 5.41) is 2.59. The molecule has 51 heavy (non-hydrogen) atoms. The number of rotatable bonds is 9. The predicted molar refractivity (Wildman–Crippen MR) is 215 cm³/mol. The molecule has 0 bridgehead atoms. The number of aromatic nitrogens is 1. The molecule has 2 fully saturated rings. The summed E-state index contributed by atoms with van der Waals surface area (Å²) in [6.45, 7) is 26.4. The number of aryl methyl sites for hydroxylation is 3. The molecule has 1 aromatic heterocycles. The van der Waals surface area contributed by atoms with Crippen molar-refractivity contribution in [1.82, 2.24) is 4.57 Å². The molecule has 0 amide bonds. The molecule has 7 heteroatoms. The zero-order valence-electron chi connectivity index (χ0n) is 32.4. The highest BCUT2D eigenvalue weighted by Gasteiger charge is 2.57. The normalized spacial score (nSPS) is 21.0. The highest BCUT2D eigenvalue weighted by atomic mass is 16.7. The maximum absolute atomic E-state index is 6.37. The summed E-state index contributed by atoms with van der Waals surface area (Å²) in [5.74, 6) is 0. The number of unbranched alkanes of at least 4 members (excludes halogenated alkanes) is 3. The average Bonchev–Trinajstić information content (AvgIpc) is 3.58. The van der Waals surface area contributed by atoms with E-state index in [2.05, 4.69) is 133 Å². The van der Waals surface area contributed by atoms with Crippen molar-refractivity contribution in [3.05, 3.63) is 90.8 Å². The lowest BCUT2D eigenvalue weighted by molar-refractivity contribution is 0.00578. The molecule has 1 unspecified atom stereocenters. The van der Waals surface area contributed by atoms with Crippen molar-refractivity contribution in [2.45, 2.75) is 124 Å². The van der Waals surface area contributed by atoms with Gasteiger partial charge in [0.2, 0.25) is 5.60 Å². The molecular formula is C44H54B2NO4+. The molecular weight excluding hydrogens is 628 g/mol. The Kier molecular flexibility index (Phi) is 9.06. The van der Waals surface area contributed by atoms with Crippen LogP contribution >= 0.6 is 0 Å².